The summed E-state index contributed by atoms with van der Waals surface area (Å²) in [4.78, 5) is 14.1. The molecule has 2 heterocycles. The third-order valence-electron chi connectivity index (χ3n) is 3.64. The van der Waals surface area contributed by atoms with Gasteiger partial charge in [-0.1, -0.05) is 11.6 Å². The van der Waals surface area contributed by atoms with E-state index in [2.05, 4.69) is 10.4 Å². The van der Waals surface area contributed by atoms with Crippen molar-refractivity contribution in [2.75, 3.05) is 45.7 Å². The van der Waals surface area contributed by atoms with E-state index in [1.54, 1.807) is 6.20 Å². The van der Waals surface area contributed by atoms with E-state index in [0.29, 0.717) is 18.2 Å². The number of anilines is 1. The van der Waals surface area contributed by atoms with Gasteiger partial charge in [0.1, 0.15) is 5.02 Å². The van der Waals surface area contributed by atoms with Crippen molar-refractivity contribution in [2.45, 2.75) is 19.4 Å². The summed E-state index contributed by atoms with van der Waals surface area (Å²) in [5.74, 6) is 0.602. The van der Waals surface area contributed by atoms with E-state index >= 15 is 0 Å². The van der Waals surface area contributed by atoms with Gasteiger partial charge in [0.25, 0.3) is 5.56 Å². The molecule has 0 amide bonds. The molecule has 6 nitrogen and oxygen atoms in total. The van der Waals surface area contributed by atoms with Crippen LogP contribution < -0.4 is 10.9 Å². The van der Waals surface area contributed by atoms with Crippen molar-refractivity contribution < 1.29 is 4.74 Å². The standard InChI is InChI=1S/C14H23ClN4O2/c1-18(2)6-7-19-14(20)13(15)12(9-17-19)16-5-3-11-4-8-21-10-11/h9,11,16H,3-8,10H2,1-2H3. The largest absolute Gasteiger partial charge is 0.382 e. The first-order valence-electron chi connectivity index (χ1n) is 7.30. The molecular formula is C14H23ClN4O2. The molecule has 1 saturated heterocycles. The highest BCUT2D eigenvalue weighted by Crippen LogP contribution is 2.18. The van der Waals surface area contributed by atoms with Gasteiger partial charge in [0.05, 0.1) is 18.4 Å². The molecule has 0 saturated carbocycles. The van der Waals surface area contributed by atoms with Crippen LogP contribution in [0.4, 0.5) is 5.69 Å². The molecule has 0 aromatic carbocycles. The normalized spacial score (nSPS) is 18.4. The number of aromatic nitrogens is 2. The van der Waals surface area contributed by atoms with Gasteiger partial charge in [-0.3, -0.25) is 4.79 Å². The van der Waals surface area contributed by atoms with Crippen LogP contribution in [0.3, 0.4) is 0 Å². The third kappa shape index (κ3) is 4.69. The van der Waals surface area contributed by atoms with Crippen LogP contribution >= 0.6 is 11.6 Å². The molecule has 1 aromatic rings. The second kappa shape index (κ2) is 7.77. The van der Waals surface area contributed by atoms with Crippen molar-refractivity contribution >= 4 is 17.3 Å². The van der Waals surface area contributed by atoms with Gasteiger partial charge in [-0.05, 0) is 32.9 Å². The minimum absolute atomic E-state index is 0.214. The zero-order valence-electron chi connectivity index (χ0n) is 12.6. The fourth-order valence-corrected chi connectivity index (χ4v) is 2.48. The van der Waals surface area contributed by atoms with E-state index in [-0.39, 0.29) is 10.6 Å². The summed E-state index contributed by atoms with van der Waals surface area (Å²) in [6.07, 6.45) is 3.75. The third-order valence-corrected chi connectivity index (χ3v) is 4.00. The van der Waals surface area contributed by atoms with E-state index < -0.39 is 0 Å². The molecule has 0 aliphatic carbocycles. The molecule has 0 radical (unpaired) electrons. The van der Waals surface area contributed by atoms with E-state index in [9.17, 15) is 4.79 Å². The summed E-state index contributed by atoms with van der Waals surface area (Å²) in [5.41, 5.74) is 0.370. The summed E-state index contributed by atoms with van der Waals surface area (Å²) in [6.45, 7) is 3.74. The Morgan fingerprint density at radius 3 is 3.05 bits per heavy atom. The minimum atomic E-state index is -0.243. The molecule has 1 unspecified atom stereocenters. The maximum atomic E-state index is 12.1. The van der Waals surface area contributed by atoms with Crippen LogP contribution in [-0.4, -0.2) is 55.1 Å². The number of nitrogens with zero attached hydrogens (tertiary/aromatic N) is 3. The van der Waals surface area contributed by atoms with Crippen LogP contribution in [-0.2, 0) is 11.3 Å². The Morgan fingerprint density at radius 2 is 2.38 bits per heavy atom. The first-order valence-corrected chi connectivity index (χ1v) is 7.67. The van der Waals surface area contributed by atoms with Gasteiger partial charge >= 0.3 is 0 Å². The molecule has 7 heteroatoms. The molecule has 1 aromatic heterocycles. The molecule has 1 aliphatic rings. The number of halogens is 1. The summed E-state index contributed by atoms with van der Waals surface area (Å²) in [7, 11) is 3.91. The Balaban J connectivity index is 1.91. The van der Waals surface area contributed by atoms with Crippen molar-refractivity contribution in [3.05, 3.63) is 21.6 Å². The molecule has 1 N–H and O–H groups in total. The number of hydrogen-bond donors (Lipinski definition) is 1. The molecule has 1 fully saturated rings. The maximum Gasteiger partial charge on any atom is 0.287 e. The first kappa shape index (κ1) is 16.3. The Morgan fingerprint density at radius 1 is 1.57 bits per heavy atom. The average Bonchev–Trinajstić information content (AvgIpc) is 2.95. The lowest BCUT2D eigenvalue weighted by atomic mass is 10.1. The van der Waals surface area contributed by atoms with E-state index in [1.165, 1.54) is 4.68 Å². The minimum Gasteiger partial charge on any atom is -0.382 e. The predicted molar refractivity (Wildman–Crippen MR) is 84.1 cm³/mol. The molecule has 118 valence electrons. The molecule has 0 bridgehead atoms. The summed E-state index contributed by atoms with van der Waals surface area (Å²) in [6, 6.07) is 0. The number of nitrogens with one attached hydrogen (secondary N) is 1. The topological polar surface area (TPSA) is 59.4 Å². The molecule has 1 aliphatic heterocycles. The number of likely N-dealkylation sites (N-methyl/N-ethyl adjacent to an activating group) is 1. The highest BCUT2D eigenvalue weighted by atomic mass is 35.5. The lowest BCUT2D eigenvalue weighted by Gasteiger charge is -2.13. The van der Waals surface area contributed by atoms with Gasteiger partial charge in [0.2, 0.25) is 0 Å². The van der Waals surface area contributed by atoms with Crippen molar-refractivity contribution in [3.63, 3.8) is 0 Å². The summed E-state index contributed by atoms with van der Waals surface area (Å²) >= 11 is 6.13. The number of ether oxygens (including phenoxy) is 1. The van der Waals surface area contributed by atoms with Crippen molar-refractivity contribution in [1.82, 2.24) is 14.7 Å². The van der Waals surface area contributed by atoms with Crippen molar-refractivity contribution in [1.29, 1.82) is 0 Å². The Kier molecular flexibility index (Phi) is 6.02. The first-order chi connectivity index (χ1) is 10.1. The lowest BCUT2D eigenvalue weighted by molar-refractivity contribution is 0.185. The second-order valence-electron chi connectivity index (χ2n) is 5.65. The van der Waals surface area contributed by atoms with Crippen LogP contribution in [0.1, 0.15) is 12.8 Å². The second-order valence-corrected chi connectivity index (χ2v) is 6.03. The van der Waals surface area contributed by atoms with Gasteiger partial charge in [0.15, 0.2) is 0 Å². The smallest absolute Gasteiger partial charge is 0.287 e. The molecule has 2 rings (SSSR count). The van der Waals surface area contributed by atoms with E-state index in [1.807, 2.05) is 19.0 Å². The van der Waals surface area contributed by atoms with Crippen LogP contribution in [0, 0.1) is 5.92 Å². The predicted octanol–water partition coefficient (Wildman–Crippen LogP) is 1.30. The van der Waals surface area contributed by atoms with Crippen LogP contribution in [0.2, 0.25) is 5.02 Å². The molecule has 1 atom stereocenters. The Bertz CT molecular complexity index is 512. The Hall–Kier alpha value is -1.11. The molecule has 21 heavy (non-hydrogen) atoms. The molecular weight excluding hydrogens is 292 g/mol. The zero-order valence-corrected chi connectivity index (χ0v) is 13.4. The van der Waals surface area contributed by atoms with E-state index in [4.69, 9.17) is 16.3 Å². The summed E-state index contributed by atoms with van der Waals surface area (Å²) < 4.78 is 6.74. The van der Waals surface area contributed by atoms with Crippen LogP contribution in [0.15, 0.2) is 11.0 Å². The van der Waals surface area contributed by atoms with Crippen molar-refractivity contribution in [2.24, 2.45) is 5.92 Å². The van der Waals surface area contributed by atoms with E-state index in [0.717, 1.165) is 39.1 Å². The van der Waals surface area contributed by atoms with Gasteiger partial charge in [-0.15, -0.1) is 0 Å². The fraction of sp³-hybridized carbons (Fsp3) is 0.714. The van der Waals surface area contributed by atoms with Gasteiger partial charge in [0, 0.05) is 26.3 Å². The van der Waals surface area contributed by atoms with Crippen LogP contribution in [0.25, 0.3) is 0 Å². The number of hydrogen-bond acceptors (Lipinski definition) is 5. The highest BCUT2D eigenvalue weighted by molar-refractivity contribution is 6.32. The quantitative estimate of drug-likeness (QED) is 0.822. The summed E-state index contributed by atoms with van der Waals surface area (Å²) in [5, 5.41) is 7.58. The maximum absolute atomic E-state index is 12.1. The monoisotopic (exact) mass is 314 g/mol. The van der Waals surface area contributed by atoms with Gasteiger partial charge < -0.3 is 15.0 Å². The SMILES string of the molecule is CN(C)CCn1ncc(NCCC2CCOC2)c(Cl)c1=O. The Labute approximate surface area is 130 Å². The van der Waals surface area contributed by atoms with Gasteiger partial charge in [-0.2, -0.15) is 5.10 Å². The van der Waals surface area contributed by atoms with Crippen LogP contribution in [0.5, 0.6) is 0 Å². The average molecular weight is 315 g/mol. The fourth-order valence-electron chi connectivity index (χ4n) is 2.26. The molecule has 0 spiro atoms. The lowest BCUT2D eigenvalue weighted by Crippen LogP contribution is -2.29. The zero-order chi connectivity index (χ0) is 15.2. The van der Waals surface area contributed by atoms with Crippen molar-refractivity contribution in [3.8, 4) is 0 Å². The van der Waals surface area contributed by atoms with Gasteiger partial charge in [-0.25, -0.2) is 4.68 Å². The number of rotatable bonds is 7. The highest BCUT2D eigenvalue weighted by Gasteiger charge is 2.15.